The van der Waals surface area contributed by atoms with Crippen LogP contribution in [-0.4, -0.2) is 31.7 Å². The SMILES string of the molecule is COc1cc(CNC(=O)/C=C/c2cc(Cl)c(OCC(C)C)c(OC)c2)ccn1. The number of benzene rings is 1. The van der Waals surface area contributed by atoms with Crippen LogP contribution in [0.4, 0.5) is 0 Å². The van der Waals surface area contributed by atoms with Crippen LogP contribution in [0, 0.1) is 5.92 Å². The van der Waals surface area contributed by atoms with Gasteiger partial charge < -0.3 is 19.5 Å². The Bertz CT molecular complexity index is 837. The van der Waals surface area contributed by atoms with Gasteiger partial charge in [0.05, 0.1) is 25.8 Å². The molecule has 1 aromatic carbocycles. The molecule has 7 heteroatoms. The number of aromatic nitrogens is 1. The summed E-state index contributed by atoms with van der Waals surface area (Å²) < 4.78 is 16.2. The summed E-state index contributed by atoms with van der Waals surface area (Å²) in [7, 11) is 3.10. The van der Waals surface area contributed by atoms with Crippen molar-refractivity contribution in [2.45, 2.75) is 20.4 Å². The summed E-state index contributed by atoms with van der Waals surface area (Å²) in [4.78, 5) is 16.1. The maximum absolute atomic E-state index is 12.1. The van der Waals surface area contributed by atoms with Crippen LogP contribution < -0.4 is 19.5 Å². The molecule has 0 bridgehead atoms. The lowest BCUT2D eigenvalue weighted by molar-refractivity contribution is -0.116. The Hall–Kier alpha value is -2.73. The van der Waals surface area contributed by atoms with Crippen LogP contribution >= 0.6 is 11.6 Å². The summed E-state index contributed by atoms with van der Waals surface area (Å²) in [5.41, 5.74) is 1.63. The predicted molar refractivity (Wildman–Crippen MR) is 110 cm³/mol. The lowest BCUT2D eigenvalue weighted by Gasteiger charge is -2.14. The van der Waals surface area contributed by atoms with Crippen LogP contribution in [0.5, 0.6) is 17.4 Å². The maximum Gasteiger partial charge on any atom is 0.244 e. The lowest BCUT2D eigenvalue weighted by atomic mass is 10.1. The van der Waals surface area contributed by atoms with E-state index in [-0.39, 0.29) is 5.91 Å². The number of carbonyl (C=O) groups excluding carboxylic acids is 1. The second-order valence-electron chi connectivity index (χ2n) is 6.50. The molecule has 0 radical (unpaired) electrons. The highest BCUT2D eigenvalue weighted by Crippen LogP contribution is 2.37. The number of halogens is 1. The number of ether oxygens (including phenoxy) is 3. The van der Waals surface area contributed by atoms with Gasteiger partial charge in [0.15, 0.2) is 11.5 Å². The van der Waals surface area contributed by atoms with Gasteiger partial charge in [0.2, 0.25) is 11.8 Å². The minimum Gasteiger partial charge on any atom is -0.493 e. The number of rotatable bonds is 9. The van der Waals surface area contributed by atoms with E-state index in [9.17, 15) is 4.79 Å². The molecule has 0 atom stereocenters. The quantitative estimate of drug-likeness (QED) is 0.637. The fourth-order valence-electron chi connectivity index (χ4n) is 2.32. The third-order valence-corrected chi connectivity index (χ3v) is 4.00. The molecule has 2 rings (SSSR count). The van der Waals surface area contributed by atoms with E-state index >= 15 is 0 Å². The van der Waals surface area contributed by atoms with E-state index in [4.69, 9.17) is 25.8 Å². The molecule has 0 fully saturated rings. The topological polar surface area (TPSA) is 69.7 Å². The van der Waals surface area contributed by atoms with E-state index in [1.807, 2.05) is 6.07 Å². The van der Waals surface area contributed by atoms with Crippen LogP contribution in [0.15, 0.2) is 36.5 Å². The van der Waals surface area contributed by atoms with Gasteiger partial charge in [0.1, 0.15) is 0 Å². The third kappa shape index (κ3) is 6.46. The van der Waals surface area contributed by atoms with Gasteiger partial charge in [-0.3, -0.25) is 4.79 Å². The Balaban J connectivity index is 2.02. The summed E-state index contributed by atoms with van der Waals surface area (Å²) in [5.74, 6) is 1.67. The number of methoxy groups -OCH3 is 2. The number of pyridine rings is 1. The van der Waals surface area contributed by atoms with Crippen molar-refractivity contribution in [2.24, 2.45) is 5.92 Å². The Morgan fingerprint density at radius 1 is 1.25 bits per heavy atom. The molecule has 0 aliphatic heterocycles. The minimum absolute atomic E-state index is 0.231. The molecular weight excluding hydrogens is 380 g/mol. The molecule has 28 heavy (non-hydrogen) atoms. The van der Waals surface area contributed by atoms with E-state index in [0.717, 1.165) is 11.1 Å². The van der Waals surface area contributed by atoms with Crippen LogP contribution in [0.3, 0.4) is 0 Å². The minimum atomic E-state index is -0.231. The number of nitrogens with zero attached hydrogens (tertiary/aromatic N) is 1. The summed E-state index contributed by atoms with van der Waals surface area (Å²) in [6.45, 7) is 5.01. The fourth-order valence-corrected chi connectivity index (χ4v) is 2.59. The second kappa shape index (κ2) is 10.6. The number of amides is 1. The van der Waals surface area contributed by atoms with Gasteiger partial charge in [-0.1, -0.05) is 25.4 Å². The molecule has 0 unspecified atom stereocenters. The highest BCUT2D eigenvalue weighted by molar-refractivity contribution is 6.32. The first-order valence-corrected chi connectivity index (χ1v) is 9.26. The number of carbonyl (C=O) groups is 1. The Labute approximate surface area is 170 Å². The molecule has 2 aromatic rings. The molecule has 150 valence electrons. The van der Waals surface area contributed by atoms with Crippen molar-refractivity contribution in [3.05, 3.63) is 52.7 Å². The van der Waals surface area contributed by atoms with Crippen molar-refractivity contribution in [1.82, 2.24) is 10.3 Å². The molecule has 1 N–H and O–H groups in total. The van der Waals surface area contributed by atoms with Gasteiger partial charge in [0, 0.05) is 24.9 Å². The van der Waals surface area contributed by atoms with Crippen molar-refractivity contribution in [1.29, 1.82) is 0 Å². The van der Waals surface area contributed by atoms with Crippen molar-refractivity contribution in [2.75, 3.05) is 20.8 Å². The molecule has 0 saturated heterocycles. The van der Waals surface area contributed by atoms with Gasteiger partial charge in [0.25, 0.3) is 0 Å². The molecule has 1 heterocycles. The fraction of sp³-hybridized carbons (Fsp3) is 0.333. The second-order valence-corrected chi connectivity index (χ2v) is 6.90. The zero-order chi connectivity index (χ0) is 20.5. The lowest BCUT2D eigenvalue weighted by Crippen LogP contribution is -2.20. The smallest absolute Gasteiger partial charge is 0.244 e. The van der Waals surface area contributed by atoms with Crippen LogP contribution in [0.1, 0.15) is 25.0 Å². The van der Waals surface area contributed by atoms with Crippen LogP contribution in [-0.2, 0) is 11.3 Å². The average Bonchev–Trinajstić information content (AvgIpc) is 2.69. The molecule has 0 aliphatic carbocycles. The number of nitrogens with one attached hydrogen (secondary N) is 1. The monoisotopic (exact) mass is 404 g/mol. The van der Waals surface area contributed by atoms with E-state index in [0.29, 0.717) is 41.5 Å². The van der Waals surface area contributed by atoms with Crippen molar-refractivity contribution in [3.8, 4) is 17.4 Å². The van der Waals surface area contributed by atoms with Crippen molar-refractivity contribution in [3.63, 3.8) is 0 Å². The van der Waals surface area contributed by atoms with E-state index < -0.39 is 0 Å². The summed E-state index contributed by atoms with van der Waals surface area (Å²) >= 11 is 6.32. The van der Waals surface area contributed by atoms with Gasteiger partial charge in [-0.15, -0.1) is 0 Å². The van der Waals surface area contributed by atoms with Gasteiger partial charge in [-0.05, 0) is 41.3 Å². The maximum atomic E-state index is 12.1. The predicted octanol–water partition coefficient (Wildman–Crippen LogP) is 4.12. The first-order chi connectivity index (χ1) is 13.4. The number of hydrogen-bond donors (Lipinski definition) is 1. The highest BCUT2D eigenvalue weighted by atomic mass is 35.5. The van der Waals surface area contributed by atoms with Crippen molar-refractivity contribution >= 4 is 23.6 Å². The standard InChI is InChI=1S/C21H25ClN2O4/c1-14(2)13-28-21-17(22)9-15(10-18(21)26-3)5-6-19(25)24-12-16-7-8-23-20(11-16)27-4/h5-11,14H,12-13H2,1-4H3,(H,24,25)/b6-5+. The zero-order valence-electron chi connectivity index (χ0n) is 16.5. The van der Waals surface area contributed by atoms with E-state index in [1.165, 1.54) is 6.08 Å². The average molecular weight is 405 g/mol. The van der Waals surface area contributed by atoms with Gasteiger partial charge in [-0.2, -0.15) is 0 Å². The third-order valence-electron chi connectivity index (χ3n) is 3.72. The molecular formula is C21H25ClN2O4. The van der Waals surface area contributed by atoms with E-state index in [1.54, 1.807) is 44.7 Å². The molecule has 0 saturated carbocycles. The normalized spacial score (nSPS) is 10.9. The first-order valence-electron chi connectivity index (χ1n) is 8.88. The first kappa shape index (κ1) is 21.6. The van der Waals surface area contributed by atoms with E-state index in [2.05, 4.69) is 24.1 Å². The summed E-state index contributed by atoms with van der Waals surface area (Å²) in [6, 6.07) is 7.09. The molecule has 1 amide bonds. The summed E-state index contributed by atoms with van der Waals surface area (Å²) in [5, 5.41) is 3.24. The largest absolute Gasteiger partial charge is 0.493 e. The van der Waals surface area contributed by atoms with Gasteiger partial charge in [-0.25, -0.2) is 4.98 Å². The molecule has 0 spiro atoms. The van der Waals surface area contributed by atoms with Crippen LogP contribution in [0.2, 0.25) is 5.02 Å². The molecule has 1 aromatic heterocycles. The molecule has 6 nitrogen and oxygen atoms in total. The molecule has 0 aliphatic rings. The van der Waals surface area contributed by atoms with Crippen molar-refractivity contribution < 1.29 is 19.0 Å². The number of hydrogen-bond acceptors (Lipinski definition) is 5. The Morgan fingerprint density at radius 2 is 2.04 bits per heavy atom. The summed E-state index contributed by atoms with van der Waals surface area (Å²) in [6.07, 6.45) is 4.74. The Kier molecular flexibility index (Phi) is 8.14. The zero-order valence-corrected chi connectivity index (χ0v) is 17.2. The van der Waals surface area contributed by atoms with Crippen LogP contribution in [0.25, 0.3) is 6.08 Å². The Morgan fingerprint density at radius 3 is 2.71 bits per heavy atom. The van der Waals surface area contributed by atoms with Gasteiger partial charge >= 0.3 is 0 Å². The highest BCUT2D eigenvalue weighted by Gasteiger charge is 2.12.